The molecule has 4 heteroatoms. The SMILES string of the molecule is Cc1cc(C)c2sc(NC(=O)C3CCCCC3)nc2c1. The van der Waals surface area contributed by atoms with Crippen LogP contribution in [0, 0.1) is 19.8 Å². The van der Waals surface area contributed by atoms with E-state index in [-0.39, 0.29) is 11.8 Å². The van der Waals surface area contributed by atoms with Crippen molar-refractivity contribution >= 4 is 32.6 Å². The summed E-state index contributed by atoms with van der Waals surface area (Å²) in [5.41, 5.74) is 3.44. The summed E-state index contributed by atoms with van der Waals surface area (Å²) in [7, 11) is 0. The molecule has 1 N–H and O–H groups in total. The van der Waals surface area contributed by atoms with Gasteiger partial charge in [0.2, 0.25) is 5.91 Å². The summed E-state index contributed by atoms with van der Waals surface area (Å²) in [4.78, 5) is 16.8. The summed E-state index contributed by atoms with van der Waals surface area (Å²) >= 11 is 1.58. The van der Waals surface area contributed by atoms with E-state index in [9.17, 15) is 4.79 Å². The molecule has 1 amide bonds. The Bertz CT molecular complexity index is 641. The summed E-state index contributed by atoms with van der Waals surface area (Å²) in [6, 6.07) is 4.24. The van der Waals surface area contributed by atoms with Gasteiger partial charge in [0.05, 0.1) is 10.2 Å². The first-order valence-electron chi connectivity index (χ1n) is 7.32. The number of carbonyl (C=O) groups is 1. The molecule has 106 valence electrons. The molecule has 0 saturated heterocycles. The van der Waals surface area contributed by atoms with E-state index in [0.717, 1.165) is 23.5 Å². The standard InChI is InChI=1S/C16H20N2OS/c1-10-8-11(2)14-13(9-10)17-16(20-14)18-15(19)12-6-4-3-5-7-12/h8-9,12H,3-7H2,1-2H3,(H,17,18,19). The maximum absolute atomic E-state index is 12.3. The fourth-order valence-electron chi connectivity index (χ4n) is 3.00. The molecule has 0 aliphatic heterocycles. The van der Waals surface area contributed by atoms with Gasteiger partial charge in [-0.3, -0.25) is 4.79 Å². The summed E-state index contributed by atoms with van der Waals surface area (Å²) in [6.07, 6.45) is 5.67. The van der Waals surface area contributed by atoms with Gasteiger partial charge >= 0.3 is 0 Å². The molecule has 1 heterocycles. The molecule has 1 aliphatic rings. The van der Waals surface area contributed by atoms with Crippen molar-refractivity contribution in [1.82, 2.24) is 4.98 Å². The van der Waals surface area contributed by atoms with Crippen molar-refractivity contribution in [3.05, 3.63) is 23.3 Å². The Morgan fingerprint density at radius 3 is 2.75 bits per heavy atom. The van der Waals surface area contributed by atoms with Crippen molar-refractivity contribution < 1.29 is 4.79 Å². The quantitative estimate of drug-likeness (QED) is 0.888. The van der Waals surface area contributed by atoms with Gasteiger partial charge in [-0.2, -0.15) is 0 Å². The lowest BCUT2D eigenvalue weighted by Gasteiger charge is -2.19. The van der Waals surface area contributed by atoms with Crippen molar-refractivity contribution in [2.45, 2.75) is 46.0 Å². The highest BCUT2D eigenvalue weighted by molar-refractivity contribution is 7.22. The maximum Gasteiger partial charge on any atom is 0.229 e. The van der Waals surface area contributed by atoms with Gasteiger partial charge in [0.25, 0.3) is 0 Å². The molecule has 0 atom stereocenters. The third kappa shape index (κ3) is 2.70. The van der Waals surface area contributed by atoms with Crippen LogP contribution in [0.3, 0.4) is 0 Å². The molecule has 3 rings (SSSR count). The van der Waals surface area contributed by atoms with Crippen LogP contribution in [0.2, 0.25) is 0 Å². The fourth-order valence-corrected chi connectivity index (χ4v) is 3.92. The summed E-state index contributed by atoms with van der Waals surface area (Å²) in [5.74, 6) is 0.330. The van der Waals surface area contributed by atoms with E-state index in [0.29, 0.717) is 0 Å². The predicted octanol–water partition coefficient (Wildman–Crippen LogP) is 4.43. The Kier molecular flexibility index (Phi) is 3.74. The predicted molar refractivity (Wildman–Crippen MR) is 84.3 cm³/mol. The van der Waals surface area contributed by atoms with Crippen molar-refractivity contribution in [1.29, 1.82) is 0 Å². The van der Waals surface area contributed by atoms with Crippen LogP contribution in [0.5, 0.6) is 0 Å². The van der Waals surface area contributed by atoms with Gasteiger partial charge in [0.1, 0.15) is 0 Å². The normalized spacial score (nSPS) is 16.5. The van der Waals surface area contributed by atoms with Crippen LogP contribution >= 0.6 is 11.3 Å². The molecule has 0 bridgehead atoms. The molecule has 2 aromatic rings. The summed E-state index contributed by atoms with van der Waals surface area (Å²) in [5, 5.41) is 3.76. The number of fused-ring (bicyclic) bond motifs is 1. The lowest BCUT2D eigenvalue weighted by Crippen LogP contribution is -2.24. The van der Waals surface area contributed by atoms with E-state index in [2.05, 4.69) is 36.3 Å². The Labute approximate surface area is 123 Å². The second-order valence-corrected chi connectivity index (χ2v) is 6.77. The molecule has 0 spiro atoms. The number of nitrogens with zero attached hydrogens (tertiary/aromatic N) is 1. The smallest absolute Gasteiger partial charge is 0.229 e. The summed E-state index contributed by atoms with van der Waals surface area (Å²) in [6.45, 7) is 4.17. The average molecular weight is 288 g/mol. The van der Waals surface area contributed by atoms with Gasteiger partial charge in [0, 0.05) is 5.92 Å². The number of aryl methyl sites for hydroxylation is 2. The highest BCUT2D eigenvalue weighted by Crippen LogP contribution is 2.31. The molecule has 1 fully saturated rings. The number of benzene rings is 1. The van der Waals surface area contributed by atoms with Gasteiger partial charge < -0.3 is 5.32 Å². The van der Waals surface area contributed by atoms with E-state index in [4.69, 9.17) is 0 Å². The first-order valence-corrected chi connectivity index (χ1v) is 8.14. The molecular weight excluding hydrogens is 268 g/mol. The van der Waals surface area contributed by atoms with Crippen LogP contribution in [0.1, 0.15) is 43.2 Å². The number of carbonyl (C=O) groups excluding carboxylic acids is 1. The average Bonchev–Trinajstić information content (AvgIpc) is 2.82. The number of aromatic nitrogens is 1. The molecule has 1 aromatic carbocycles. The third-order valence-corrected chi connectivity index (χ3v) is 5.15. The fraction of sp³-hybridized carbons (Fsp3) is 0.500. The van der Waals surface area contributed by atoms with Crippen LogP contribution in [0.15, 0.2) is 12.1 Å². The van der Waals surface area contributed by atoms with E-state index in [1.54, 1.807) is 11.3 Å². The lowest BCUT2D eigenvalue weighted by molar-refractivity contribution is -0.120. The highest BCUT2D eigenvalue weighted by atomic mass is 32.1. The molecule has 1 saturated carbocycles. The first-order chi connectivity index (χ1) is 9.63. The van der Waals surface area contributed by atoms with Crippen LogP contribution < -0.4 is 5.32 Å². The molecule has 1 aliphatic carbocycles. The number of anilines is 1. The minimum atomic E-state index is 0.151. The largest absolute Gasteiger partial charge is 0.302 e. The molecule has 20 heavy (non-hydrogen) atoms. The van der Waals surface area contributed by atoms with Crippen molar-refractivity contribution in [3.8, 4) is 0 Å². The zero-order valence-corrected chi connectivity index (χ0v) is 12.8. The number of hydrogen-bond acceptors (Lipinski definition) is 3. The van der Waals surface area contributed by atoms with Crippen molar-refractivity contribution in [2.24, 2.45) is 5.92 Å². The number of hydrogen-bond donors (Lipinski definition) is 1. The third-order valence-electron chi connectivity index (χ3n) is 4.03. The Balaban J connectivity index is 1.80. The van der Waals surface area contributed by atoms with Gasteiger partial charge in [-0.25, -0.2) is 4.98 Å². The van der Waals surface area contributed by atoms with Crippen LogP contribution in [0.25, 0.3) is 10.2 Å². The zero-order valence-electron chi connectivity index (χ0n) is 12.0. The highest BCUT2D eigenvalue weighted by Gasteiger charge is 2.22. The number of amides is 1. The maximum atomic E-state index is 12.3. The molecule has 0 radical (unpaired) electrons. The topological polar surface area (TPSA) is 42.0 Å². The zero-order chi connectivity index (χ0) is 14.1. The van der Waals surface area contributed by atoms with Gasteiger partial charge in [-0.1, -0.05) is 36.7 Å². The van der Waals surface area contributed by atoms with Crippen LogP contribution in [-0.4, -0.2) is 10.9 Å². The Hall–Kier alpha value is -1.42. The van der Waals surface area contributed by atoms with Gasteiger partial charge in [-0.15, -0.1) is 0 Å². The number of nitrogens with one attached hydrogen (secondary N) is 1. The van der Waals surface area contributed by atoms with E-state index in [1.165, 1.54) is 35.1 Å². The second kappa shape index (κ2) is 5.52. The first kappa shape index (κ1) is 13.6. The van der Waals surface area contributed by atoms with Crippen LogP contribution in [-0.2, 0) is 4.79 Å². The van der Waals surface area contributed by atoms with Gasteiger partial charge in [-0.05, 0) is 43.9 Å². The van der Waals surface area contributed by atoms with E-state index >= 15 is 0 Å². The number of rotatable bonds is 2. The second-order valence-electron chi connectivity index (χ2n) is 5.77. The minimum Gasteiger partial charge on any atom is -0.302 e. The Morgan fingerprint density at radius 1 is 1.25 bits per heavy atom. The van der Waals surface area contributed by atoms with E-state index < -0.39 is 0 Å². The number of thiazole rings is 1. The minimum absolute atomic E-state index is 0.151. The van der Waals surface area contributed by atoms with E-state index in [1.807, 2.05) is 0 Å². The molecular formula is C16H20N2OS. The molecule has 3 nitrogen and oxygen atoms in total. The Morgan fingerprint density at radius 2 is 2.00 bits per heavy atom. The van der Waals surface area contributed by atoms with Crippen molar-refractivity contribution in [2.75, 3.05) is 5.32 Å². The molecule has 0 unspecified atom stereocenters. The van der Waals surface area contributed by atoms with Crippen molar-refractivity contribution in [3.63, 3.8) is 0 Å². The summed E-state index contributed by atoms with van der Waals surface area (Å²) < 4.78 is 1.18. The molecule has 1 aromatic heterocycles. The van der Waals surface area contributed by atoms with Crippen LogP contribution in [0.4, 0.5) is 5.13 Å². The monoisotopic (exact) mass is 288 g/mol. The lowest BCUT2D eigenvalue weighted by atomic mass is 9.89. The van der Waals surface area contributed by atoms with Gasteiger partial charge in [0.15, 0.2) is 5.13 Å².